The van der Waals surface area contributed by atoms with Gasteiger partial charge in [-0.25, -0.2) is 0 Å². The zero-order chi connectivity index (χ0) is 31.9. The van der Waals surface area contributed by atoms with E-state index in [1.807, 2.05) is 27.7 Å². The molecule has 0 aliphatic carbocycles. The number of piperidine rings is 1. The first-order chi connectivity index (χ1) is 20.9. The second kappa shape index (κ2) is 15.2. The Hall–Kier alpha value is -2.50. The Morgan fingerprint density at radius 3 is 2.25 bits per heavy atom. The standard InChI is InChI=1S/C34H52N4O5S/c1-26-10-16-31(17-11-26)44(40,41)43-25-28(23-30(42-6)24-35-33(39)34(2,3)4)27-12-14-29(15-13-27)38-18-8-7-9-32(38)37-21-19-36(5)20-22-37/h10-17,28,30,32H,7-9,18-25H2,1-6H3,(H,35,39). The molecule has 0 aromatic heterocycles. The van der Waals surface area contributed by atoms with Gasteiger partial charge in [-0.3, -0.25) is 13.9 Å². The minimum Gasteiger partial charge on any atom is -0.380 e. The lowest BCUT2D eigenvalue weighted by Crippen LogP contribution is -2.56. The highest BCUT2D eigenvalue weighted by Crippen LogP contribution is 2.31. The number of piperazine rings is 1. The number of anilines is 1. The van der Waals surface area contributed by atoms with Crippen LogP contribution in [-0.4, -0.2) is 96.4 Å². The summed E-state index contributed by atoms with van der Waals surface area (Å²) in [5.74, 6) is -0.328. The predicted octanol–water partition coefficient (Wildman–Crippen LogP) is 4.62. The third-order valence-electron chi connectivity index (χ3n) is 8.91. The van der Waals surface area contributed by atoms with Crippen molar-refractivity contribution in [3.63, 3.8) is 0 Å². The molecule has 244 valence electrons. The first kappa shape index (κ1) is 34.4. The smallest absolute Gasteiger partial charge is 0.296 e. The summed E-state index contributed by atoms with van der Waals surface area (Å²) in [7, 11) is -0.139. The summed E-state index contributed by atoms with van der Waals surface area (Å²) in [6, 6.07) is 15.2. The molecule has 3 atom stereocenters. The molecule has 3 unspecified atom stereocenters. The molecule has 9 nitrogen and oxygen atoms in total. The van der Waals surface area contributed by atoms with Crippen molar-refractivity contribution in [1.82, 2.24) is 15.1 Å². The van der Waals surface area contributed by atoms with E-state index in [1.165, 1.54) is 18.5 Å². The minimum atomic E-state index is -3.94. The molecule has 1 N–H and O–H groups in total. The number of nitrogens with one attached hydrogen (secondary N) is 1. The Morgan fingerprint density at radius 2 is 1.64 bits per heavy atom. The van der Waals surface area contributed by atoms with Crippen LogP contribution < -0.4 is 10.2 Å². The first-order valence-electron chi connectivity index (χ1n) is 15.9. The number of hydrogen-bond acceptors (Lipinski definition) is 8. The number of methoxy groups -OCH3 is 1. The van der Waals surface area contributed by atoms with E-state index in [0.29, 0.717) is 19.1 Å². The quantitative estimate of drug-likeness (QED) is 0.341. The van der Waals surface area contributed by atoms with Gasteiger partial charge in [-0.2, -0.15) is 8.42 Å². The van der Waals surface area contributed by atoms with E-state index in [9.17, 15) is 13.2 Å². The van der Waals surface area contributed by atoms with Crippen molar-refractivity contribution in [3.05, 3.63) is 59.7 Å². The van der Waals surface area contributed by atoms with Crippen LogP contribution in [0.25, 0.3) is 0 Å². The lowest BCUT2D eigenvalue weighted by molar-refractivity contribution is -0.129. The fourth-order valence-electron chi connectivity index (χ4n) is 5.95. The largest absolute Gasteiger partial charge is 0.380 e. The molecule has 2 aromatic rings. The number of nitrogens with zero attached hydrogens (tertiary/aromatic N) is 3. The Kier molecular flexibility index (Phi) is 11.9. The van der Waals surface area contributed by atoms with Gasteiger partial charge in [0.05, 0.1) is 23.8 Å². The molecule has 2 saturated heterocycles. The van der Waals surface area contributed by atoms with E-state index in [-0.39, 0.29) is 29.4 Å². The number of ether oxygens (including phenoxy) is 1. The highest BCUT2D eigenvalue weighted by atomic mass is 32.2. The third kappa shape index (κ3) is 9.26. The number of aryl methyl sites for hydroxylation is 1. The second-order valence-corrected chi connectivity index (χ2v) is 15.0. The van der Waals surface area contributed by atoms with Gasteiger partial charge in [0, 0.05) is 63.4 Å². The minimum absolute atomic E-state index is 0.0315. The highest BCUT2D eigenvalue weighted by Gasteiger charge is 2.31. The predicted molar refractivity (Wildman–Crippen MR) is 175 cm³/mol. The summed E-state index contributed by atoms with van der Waals surface area (Å²) in [4.78, 5) is 20.2. The molecule has 4 rings (SSSR count). The number of benzene rings is 2. The highest BCUT2D eigenvalue weighted by molar-refractivity contribution is 7.86. The summed E-state index contributed by atoms with van der Waals surface area (Å²) in [5, 5.41) is 2.99. The molecule has 2 aliphatic rings. The molecule has 1 amide bonds. The summed E-state index contributed by atoms with van der Waals surface area (Å²) in [6.45, 7) is 13.2. The maximum Gasteiger partial charge on any atom is 0.296 e. The Bertz CT molecular complexity index is 1300. The van der Waals surface area contributed by atoms with Crippen LogP contribution in [-0.2, 0) is 23.8 Å². The Morgan fingerprint density at radius 1 is 0.977 bits per heavy atom. The Labute approximate surface area is 265 Å². The van der Waals surface area contributed by atoms with Gasteiger partial charge in [-0.1, -0.05) is 50.6 Å². The van der Waals surface area contributed by atoms with Crippen LogP contribution in [0.15, 0.2) is 53.4 Å². The van der Waals surface area contributed by atoms with Crippen molar-refractivity contribution in [1.29, 1.82) is 0 Å². The molecule has 44 heavy (non-hydrogen) atoms. The van der Waals surface area contributed by atoms with Crippen LogP contribution in [0.5, 0.6) is 0 Å². The fraction of sp³-hybridized carbons (Fsp3) is 0.618. The normalized spacial score (nSPS) is 20.3. The molecule has 2 aliphatic heterocycles. The molecular weight excluding hydrogens is 576 g/mol. The zero-order valence-electron chi connectivity index (χ0n) is 27.4. The third-order valence-corrected chi connectivity index (χ3v) is 10.2. The Balaban J connectivity index is 1.52. The van der Waals surface area contributed by atoms with Crippen LogP contribution in [0.3, 0.4) is 0 Å². The van der Waals surface area contributed by atoms with Gasteiger partial charge in [0.2, 0.25) is 5.91 Å². The number of carbonyl (C=O) groups excluding carboxylic acids is 1. The van der Waals surface area contributed by atoms with E-state index in [0.717, 1.165) is 50.3 Å². The summed E-state index contributed by atoms with van der Waals surface area (Å²) in [5.41, 5.74) is 2.62. The molecule has 10 heteroatoms. The van der Waals surface area contributed by atoms with Gasteiger partial charge >= 0.3 is 0 Å². The van der Waals surface area contributed by atoms with E-state index in [2.05, 4.69) is 51.3 Å². The van der Waals surface area contributed by atoms with Gasteiger partial charge in [-0.05, 0) is 69.5 Å². The van der Waals surface area contributed by atoms with E-state index in [1.54, 1.807) is 31.4 Å². The lowest BCUT2D eigenvalue weighted by atomic mass is 9.92. The molecule has 0 spiro atoms. The zero-order valence-corrected chi connectivity index (χ0v) is 28.2. The van der Waals surface area contributed by atoms with Crippen LogP contribution >= 0.6 is 0 Å². The van der Waals surface area contributed by atoms with Crippen molar-refractivity contribution < 1.29 is 22.1 Å². The number of rotatable bonds is 12. The van der Waals surface area contributed by atoms with Crippen molar-refractivity contribution in [2.45, 2.75) is 76.5 Å². The summed E-state index contributed by atoms with van der Waals surface area (Å²) in [6.07, 6.45) is 4.14. The van der Waals surface area contributed by atoms with E-state index < -0.39 is 15.5 Å². The lowest BCUT2D eigenvalue weighted by Gasteiger charge is -2.46. The SMILES string of the molecule is COC(CNC(=O)C(C)(C)C)CC(COS(=O)(=O)c1ccc(C)cc1)c1ccc(N2CCCCC2N2CCN(C)CC2)cc1. The summed E-state index contributed by atoms with van der Waals surface area (Å²) < 4.78 is 37.6. The van der Waals surface area contributed by atoms with E-state index in [4.69, 9.17) is 8.92 Å². The second-order valence-electron chi connectivity index (χ2n) is 13.4. The fourth-order valence-corrected chi connectivity index (χ4v) is 6.90. The number of likely N-dealkylation sites (N-methyl/N-ethyl adjacent to an activating group) is 1. The van der Waals surface area contributed by atoms with Gasteiger partial charge < -0.3 is 19.9 Å². The van der Waals surface area contributed by atoms with Crippen LogP contribution in [0.4, 0.5) is 5.69 Å². The van der Waals surface area contributed by atoms with Crippen LogP contribution in [0.1, 0.15) is 63.5 Å². The van der Waals surface area contributed by atoms with Crippen molar-refractivity contribution >= 4 is 21.7 Å². The topological polar surface area (TPSA) is 91.4 Å². The van der Waals surface area contributed by atoms with Crippen molar-refractivity contribution in [3.8, 4) is 0 Å². The molecule has 0 saturated carbocycles. The number of carbonyl (C=O) groups is 1. The monoisotopic (exact) mass is 628 g/mol. The number of hydrogen-bond donors (Lipinski definition) is 1. The van der Waals surface area contributed by atoms with Crippen LogP contribution in [0, 0.1) is 12.3 Å². The summed E-state index contributed by atoms with van der Waals surface area (Å²) >= 11 is 0. The number of amides is 1. The van der Waals surface area contributed by atoms with Crippen molar-refractivity contribution in [2.24, 2.45) is 5.41 Å². The average Bonchev–Trinajstić information content (AvgIpc) is 3.01. The van der Waals surface area contributed by atoms with Gasteiger partial charge in [0.25, 0.3) is 10.1 Å². The van der Waals surface area contributed by atoms with Crippen molar-refractivity contribution in [2.75, 3.05) is 64.9 Å². The molecule has 2 heterocycles. The average molecular weight is 629 g/mol. The van der Waals surface area contributed by atoms with Gasteiger partial charge in [0.1, 0.15) is 0 Å². The molecule has 0 radical (unpaired) electrons. The first-order valence-corrected chi connectivity index (χ1v) is 17.3. The maximum absolute atomic E-state index is 13.1. The molecule has 0 bridgehead atoms. The maximum atomic E-state index is 13.1. The molecule has 2 fully saturated rings. The van der Waals surface area contributed by atoms with Crippen LogP contribution in [0.2, 0.25) is 0 Å². The van der Waals surface area contributed by atoms with Gasteiger partial charge in [-0.15, -0.1) is 0 Å². The van der Waals surface area contributed by atoms with E-state index >= 15 is 0 Å². The molecular formula is C34H52N4O5S. The molecule has 2 aromatic carbocycles. The van der Waals surface area contributed by atoms with Gasteiger partial charge in [0.15, 0.2) is 0 Å².